The first kappa shape index (κ1) is 17.4. The zero-order valence-electron chi connectivity index (χ0n) is 13.6. The van der Waals surface area contributed by atoms with Crippen LogP contribution < -0.4 is 10.6 Å². The summed E-state index contributed by atoms with van der Waals surface area (Å²) in [4.78, 5) is 12.5. The van der Waals surface area contributed by atoms with Gasteiger partial charge in [0.1, 0.15) is 0 Å². The second kappa shape index (κ2) is 7.41. The molecule has 0 aliphatic carbocycles. The lowest BCUT2D eigenvalue weighted by Crippen LogP contribution is -2.49. The Bertz CT molecular complexity index is 308. The third-order valence-electron chi connectivity index (χ3n) is 4.64. The summed E-state index contributed by atoms with van der Waals surface area (Å²) in [6.07, 6.45) is 4.00. The smallest absolute Gasteiger partial charge is 0.226 e. The zero-order chi connectivity index (χ0) is 15.2. The van der Waals surface area contributed by atoms with Crippen molar-refractivity contribution >= 4 is 5.91 Å². The molecule has 1 atom stereocenters. The molecule has 0 aromatic rings. The Morgan fingerprint density at radius 1 is 1.35 bits per heavy atom. The van der Waals surface area contributed by atoms with E-state index in [1.807, 2.05) is 0 Å². The molecule has 1 unspecified atom stereocenters. The lowest BCUT2D eigenvalue weighted by Gasteiger charge is -2.37. The van der Waals surface area contributed by atoms with Crippen LogP contribution in [0.2, 0.25) is 0 Å². The van der Waals surface area contributed by atoms with Crippen LogP contribution in [0, 0.1) is 16.7 Å². The first-order chi connectivity index (χ1) is 9.29. The highest BCUT2D eigenvalue weighted by Gasteiger charge is 2.37. The molecule has 1 saturated heterocycles. The molecule has 0 aromatic heterocycles. The Morgan fingerprint density at radius 3 is 2.60 bits per heavy atom. The highest BCUT2D eigenvalue weighted by Crippen LogP contribution is 2.32. The molecular formula is C16H32N2O2. The van der Waals surface area contributed by atoms with Gasteiger partial charge in [0, 0.05) is 18.6 Å². The quantitative estimate of drug-likeness (QED) is 0.669. The molecule has 1 fully saturated rings. The van der Waals surface area contributed by atoms with Crippen LogP contribution in [0.1, 0.15) is 53.4 Å². The number of hydrogen-bond donors (Lipinski definition) is 3. The maximum absolute atomic E-state index is 12.5. The Morgan fingerprint density at radius 2 is 2.05 bits per heavy atom. The van der Waals surface area contributed by atoms with Crippen molar-refractivity contribution in [1.29, 1.82) is 0 Å². The van der Waals surface area contributed by atoms with Crippen molar-refractivity contribution in [3.8, 4) is 0 Å². The van der Waals surface area contributed by atoms with Crippen molar-refractivity contribution in [2.75, 3.05) is 26.2 Å². The normalized spacial score (nSPS) is 20.8. The lowest BCUT2D eigenvalue weighted by atomic mass is 9.74. The van der Waals surface area contributed by atoms with E-state index >= 15 is 0 Å². The predicted molar refractivity (Wildman–Crippen MR) is 82.5 cm³/mol. The third kappa shape index (κ3) is 5.06. The molecule has 20 heavy (non-hydrogen) atoms. The van der Waals surface area contributed by atoms with Crippen LogP contribution in [0.25, 0.3) is 0 Å². The minimum absolute atomic E-state index is 0.0410. The van der Waals surface area contributed by atoms with Crippen LogP contribution >= 0.6 is 0 Å². The van der Waals surface area contributed by atoms with Gasteiger partial charge in [-0.3, -0.25) is 4.79 Å². The van der Waals surface area contributed by atoms with Crippen molar-refractivity contribution in [1.82, 2.24) is 10.6 Å². The highest BCUT2D eigenvalue weighted by atomic mass is 16.2. The molecule has 0 bridgehead atoms. The van der Waals surface area contributed by atoms with Crippen LogP contribution in [0.3, 0.4) is 0 Å². The van der Waals surface area contributed by atoms with Gasteiger partial charge in [-0.25, -0.2) is 0 Å². The standard InChI is InChI=1S/C16H32N2O2/c1-15(2,8-6-10-19)12-18-14(20)16(3,4)13-7-5-9-17-11-13/h13,17,19H,5-12H2,1-4H3,(H,18,20). The van der Waals surface area contributed by atoms with Gasteiger partial charge in [0.2, 0.25) is 5.91 Å². The summed E-state index contributed by atoms with van der Waals surface area (Å²) in [5.41, 5.74) is -0.278. The monoisotopic (exact) mass is 284 g/mol. The number of carbonyl (C=O) groups is 1. The Labute approximate surface area is 123 Å². The molecule has 118 valence electrons. The van der Waals surface area contributed by atoms with Crippen molar-refractivity contribution < 1.29 is 9.90 Å². The van der Waals surface area contributed by atoms with Gasteiger partial charge in [-0.2, -0.15) is 0 Å². The molecule has 0 spiro atoms. The minimum Gasteiger partial charge on any atom is -0.396 e. The van der Waals surface area contributed by atoms with Crippen molar-refractivity contribution in [2.45, 2.75) is 53.4 Å². The van der Waals surface area contributed by atoms with E-state index in [1.165, 1.54) is 0 Å². The first-order valence-corrected chi connectivity index (χ1v) is 7.89. The Kier molecular flexibility index (Phi) is 6.46. The van der Waals surface area contributed by atoms with E-state index in [-0.39, 0.29) is 23.3 Å². The fraction of sp³-hybridized carbons (Fsp3) is 0.938. The van der Waals surface area contributed by atoms with Crippen molar-refractivity contribution in [3.63, 3.8) is 0 Å². The van der Waals surface area contributed by atoms with Crippen molar-refractivity contribution in [2.24, 2.45) is 16.7 Å². The minimum atomic E-state index is -0.319. The van der Waals surface area contributed by atoms with Crippen LogP contribution in [-0.4, -0.2) is 37.3 Å². The number of amides is 1. The van der Waals surface area contributed by atoms with E-state index in [4.69, 9.17) is 5.11 Å². The van der Waals surface area contributed by atoms with Gasteiger partial charge in [0.15, 0.2) is 0 Å². The zero-order valence-corrected chi connectivity index (χ0v) is 13.6. The molecule has 1 heterocycles. The summed E-state index contributed by atoms with van der Waals surface area (Å²) >= 11 is 0. The molecule has 3 N–H and O–H groups in total. The van der Waals surface area contributed by atoms with Gasteiger partial charge in [-0.15, -0.1) is 0 Å². The summed E-state index contributed by atoms with van der Waals surface area (Å²) in [6.45, 7) is 11.3. The molecule has 0 saturated carbocycles. The maximum atomic E-state index is 12.5. The third-order valence-corrected chi connectivity index (χ3v) is 4.64. The Balaban J connectivity index is 2.47. The van der Waals surface area contributed by atoms with Gasteiger partial charge in [0.25, 0.3) is 0 Å². The van der Waals surface area contributed by atoms with Crippen LogP contribution in [0.15, 0.2) is 0 Å². The van der Waals surface area contributed by atoms with E-state index in [0.29, 0.717) is 12.5 Å². The van der Waals surface area contributed by atoms with Gasteiger partial charge in [0.05, 0.1) is 0 Å². The van der Waals surface area contributed by atoms with E-state index in [0.717, 1.165) is 38.8 Å². The second-order valence-electron chi connectivity index (χ2n) is 7.44. The SMILES string of the molecule is CC(C)(CCCO)CNC(=O)C(C)(C)C1CCCNC1. The van der Waals surface area contributed by atoms with Gasteiger partial charge in [-0.1, -0.05) is 27.7 Å². The summed E-state index contributed by atoms with van der Waals surface area (Å²) in [6, 6.07) is 0. The summed E-state index contributed by atoms with van der Waals surface area (Å²) in [7, 11) is 0. The number of aliphatic hydroxyl groups excluding tert-OH is 1. The van der Waals surface area contributed by atoms with Crippen LogP contribution in [0.4, 0.5) is 0 Å². The number of carbonyl (C=O) groups excluding carboxylic acids is 1. The van der Waals surface area contributed by atoms with Gasteiger partial charge in [-0.05, 0) is 50.1 Å². The lowest BCUT2D eigenvalue weighted by molar-refractivity contribution is -0.133. The molecule has 4 heteroatoms. The average molecular weight is 284 g/mol. The van der Waals surface area contributed by atoms with Crippen LogP contribution in [-0.2, 0) is 4.79 Å². The van der Waals surface area contributed by atoms with E-state index in [2.05, 4.69) is 38.3 Å². The predicted octanol–water partition coefficient (Wildman–Crippen LogP) is 1.93. The number of aliphatic hydroxyl groups is 1. The van der Waals surface area contributed by atoms with Crippen molar-refractivity contribution in [3.05, 3.63) is 0 Å². The molecule has 0 radical (unpaired) electrons. The van der Waals surface area contributed by atoms with Gasteiger partial charge >= 0.3 is 0 Å². The number of nitrogens with one attached hydrogen (secondary N) is 2. The molecule has 1 aliphatic rings. The maximum Gasteiger partial charge on any atom is 0.226 e. The molecule has 1 rings (SSSR count). The van der Waals surface area contributed by atoms with E-state index in [9.17, 15) is 4.79 Å². The molecule has 1 aliphatic heterocycles. The number of hydrogen-bond acceptors (Lipinski definition) is 3. The molecular weight excluding hydrogens is 252 g/mol. The first-order valence-electron chi connectivity index (χ1n) is 7.89. The van der Waals surface area contributed by atoms with E-state index in [1.54, 1.807) is 0 Å². The number of rotatable bonds is 7. The van der Waals surface area contributed by atoms with Crippen LogP contribution in [0.5, 0.6) is 0 Å². The average Bonchev–Trinajstić information content (AvgIpc) is 2.43. The Hall–Kier alpha value is -0.610. The number of piperidine rings is 1. The molecule has 0 aromatic carbocycles. The van der Waals surface area contributed by atoms with E-state index < -0.39 is 0 Å². The topological polar surface area (TPSA) is 61.4 Å². The molecule has 1 amide bonds. The fourth-order valence-electron chi connectivity index (χ4n) is 2.85. The second-order valence-corrected chi connectivity index (χ2v) is 7.44. The fourth-order valence-corrected chi connectivity index (χ4v) is 2.85. The molecule has 4 nitrogen and oxygen atoms in total. The summed E-state index contributed by atoms with van der Waals surface area (Å²) in [5.74, 6) is 0.570. The largest absolute Gasteiger partial charge is 0.396 e. The summed E-state index contributed by atoms with van der Waals surface area (Å²) < 4.78 is 0. The highest BCUT2D eigenvalue weighted by molar-refractivity contribution is 5.82. The van der Waals surface area contributed by atoms with Gasteiger partial charge < -0.3 is 15.7 Å². The summed E-state index contributed by atoms with van der Waals surface area (Å²) in [5, 5.41) is 15.4.